The maximum absolute atomic E-state index is 5.80. The van der Waals surface area contributed by atoms with Crippen molar-refractivity contribution in [2.24, 2.45) is 0 Å². The number of hydrogen-bond acceptors (Lipinski definition) is 3. The van der Waals surface area contributed by atoms with Gasteiger partial charge in [0.05, 0.1) is 18.4 Å². The van der Waals surface area contributed by atoms with Crippen LogP contribution < -0.4 is 10.1 Å². The topological polar surface area (TPSA) is 39.1 Å². The van der Waals surface area contributed by atoms with E-state index in [1.807, 2.05) is 37.8 Å². The first kappa shape index (κ1) is 10.4. The van der Waals surface area contributed by atoms with Crippen LogP contribution in [0, 0.1) is 0 Å². The maximum Gasteiger partial charge on any atom is 0.124 e. The maximum atomic E-state index is 5.80. The van der Waals surface area contributed by atoms with Gasteiger partial charge >= 0.3 is 0 Å². The number of hydrogen-bond donors (Lipinski definition) is 1. The molecular formula is C13H15N3O. The van der Waals surface area contributed by atoms with Crippen molar-refractivity contribution in [3.05, 3.63) is 48.5 Å². The molecule has 2 heterocycles. The number of fused-ring (bicyclic) bond motifs is 1. The zero-order valence-corrected chi connectivity index (χ0v) is 9.71. The van der Waals surface area contributed by atoms with Gasteiger partial charge in [-0.1, -0.05) is 18.2 Å². The van der Waals surface area contributed by atoms with Crippen molar-refractivity contribution < 1.29 is 4.74 Å². The summed E-state index contributed by atoms with van der Waals surface area (Å²) in [5, 5.41) is 3.37. The van der Waals surface area contributed by atoms with Crippen LogP contribution in [0.3, 0.4) is 0 Å². The zero-order valence-electron chi connectivity index (χ0n) is 9.71. The van der Waals surface area contributed by atoms with E-state index in [1.54, 1.807) is 6.20 Å². The Morgan fingerprint density at radius 2 is 2.29 bits per heavy atom. The molecule has 4 heteroatoms. The molecule has 0 fully saturated rings. The number of rotatable bonds is 2. The monoisotopic (exact) mass is 229 g/mol. The van der Waals surface area contributed by atoms with Gasteiger partial charge in [-0.3, -0.25) is 0 Å². The van der Waals surface area contributed by atoms with Crippen molar-refractivity contribution in [2.45, 2.75) is 12.1 Å². The average Bonchev–Trinajstić information content (AvgIpc) is 2.91. The molecule has 1 aromatic heterocycles. The van der Waals surface area contributed by atoms with Crippen molar-refractivity contribution in [2.75, 3.05) is 13.7 Å². The summed E-state index contributed by atoms with van der Waals surface area (Å²) < 4.78 is 7.90. The third kappa shape index (κ3) is 1.70. The number of likely N-dealkylation sites (N-methyl/N-ethyl adjacent to an activating group) is 1. The van der Waals surface area contributed by atoms with E-state index < -0.39 is 0 Å². The summed E-state index contributed by atoms with van der Waals surface area (Å²) in [6.45, 7) is 0.666. The second-order valence-electron chi connectivity index (χ2n) is 4.19. The van der Waals surface area contributed by atoms with Crippen LogP contribution in [0.1, 0.15) is 17.6 Å². The highest BCUT2D eigenvalue weighted by molar-refractivity contribution is 5.38. The predicted octanol–water partition coefficient (Wildman–Crippen LogP) is 1.78. The van der Waals surface area contributed by atoms with Crippen LogP contribution >= 0.6 is 0 Å². The lowest BCUT2D eigenvalue weighted by molar-refractivity contribution is 0.184. The SMILES string of the molecule is CNC1c2ccccc2OCC1n1ccnc1. The van der Waals surface area contributed by atoms with Gasteiger partial charge in [-0.2, -0.15) is 0 Å². The zero-order chi connectivity index (χ0) is 11.7. The van der Waals surface area contributed by atoms with E-state index in [9.17, 15) is 0 Å². The van der Waals surface area contributed by atoms with Crippen molar-refractivity contribution in [1.82, 2.24) is 14.9 Å². The van der Waals surface area contributed by atoms with Crippen LogP contribution in [0.5, 0.6) is 5.75 Å². The molecule has 1 aromatic carbocycles. The van der Waals surface area contributed by atoms with Crippen molar-refractivity contribution >= 4 is 0 Å². The Kier molecular flexibility index (Phi) is 2.57. The summed E-state index contributed by atoms with van der Waals surface area (Å²) in [6.07, 6.45) is 5.62. The van der Waals surface area contributed by atoms with Crippen LogP contribution in [0.2, 0.25) is 0 Å². The molecule has 0 amide bonds. The molecule has 4 nitrogen and oxygen atoms in total. The summed E-state index contributed by atoms with van der Waals surface area (Å²) in [4.78, 5) is 4.10. The molecule has 88 valence electrons. The van der Waals surface area contributed by atoms with E-state index in [4.69, 9.17) is 4.74 Å². The van der Waals surface area contributed by atoms with E-state index in [2.05, 4.69) is 20.9 Å². The molecule has 17 heavy (non-hydrogen) atoms. The fourth-order valence-corrected chi connectivity index (χ4v) is 2.42. The number of benzene rings is 1. The van der Waals surface area contributed by atoms with Gasteiger partial charge in [-0.05, 0) is 13.1 Å². The molecule has 2 atom stereocenters. The van der Waals surface area contributed by atoms with E-state index in [1.165, 1.54) is 5.56 Å². The molecule has 0 radical (unpaired) electrons. The number of aromatic nitrogens is 2. The minimum absolute atomic E-state index is 0.248. The van der Waals surface area contributed by atoms with Gasteiger partial charge in [0.1, 0.15) is 12.4 Å². The van der Waals surface area contributed by atoms with Gasteiger partial charge in [0.25, 0.3) is 0 Å². The lowest BCUT2D eigenvalue weighted by atomic mass is 9.96. The Morgan fingerprint density at radius 3 is 3.06 bits per heavy atom. The molecule has 0 saturated heterocycles. The van der Waals surface area contributed by atoms with E-state index in [0.29, 0.717) is 6.61 Å². The van der Waals surface area contributed by atoms with Gasteiger partial charge in [0.15, 0.2) is 0 Å². The first-order valence-electron chi connectivity index (χ1n) is 5.76. The standard InChI is InChI=1S/C13H15N3O/c1-14-13-10-4-2-3-5-12(10)17-8-11(13)16-7-6-15-9-16/h2-7,9,11,13-14H,8H2,1H3. The molecule has 2 unspecified atom stereocenters. The third-order valence-electron chi connectivity index (χ3n) is 3.27. The Morgan fingerprint density at radius 1 is 1.41 bits per heavy atom. The van der Waals surface area contributed by atoms with Crippen LogP contribution in [0.25, 0.3) is 0 Å². The summed E-state index contributed by atoms with van der Waals surface area (Å²) in [5.41, 5.74) is 1.21. The van der Waals surface area contributed by atoms with E-state index in [0.717, 1.165) is 5.75 Å². The van der Waals surface area contributed by atoms with Gasteiger partial charge in [0.2, 0.25) is 0 Å². The lowest BCUT2D eigenvalue weighted by Crippen LogP contribution is -2.35. The minimum atomic E-state index is 0.248. The predicted molar refractivity (Wildman–Crippen MR) is 65.0 cm³/mol. The van der Waals surface area contributed by atoms with Crippen LogP contribution in [-0.4, -0.2) is 23.2 Å². The Balaban J connectivity index is 2.00. The first-order valence-corrected chi connectivity index (χ1v) is 5.76. The molecule has 0 bridgehead atoms. The highest BCUT2D eigenvalue weighted by Gasteiger charge is 2.30. The van der Waals surface area contributed by atoms with Crippen LogP contribution in [-0.2, 0) is 0 Å². The Labute approximate surface area is 100 Å². The average molecular weight is 229 g/mol. The summed E-state index contributed by atoms with van der Waals surface area (Å²) in [7, 11) is 1.98. The quantitative estimate of drug-likeness (QED) is 0.853. The molecule has 3 rings (SSSR count). The fraction of sp³-hybridized carbons (Fsp3) is 0.308. The van der Waals surface area contributed by atoms with E-state index >= 15 is 0 Å². The van der Waals surface area contributed by atoms with Crippen LogP contribution in [0.4, 0.5) is 0 Å². The summed E-state index contributed by atoms with van der Waals surface area (Å²) >= 11 is 0. The second-order valence-corrected chi connectivity index (χ2v) is 4.19. The minimum Gasteiger partial charge on any atom is -0.491 e. The number of ether oxygens (including phenoxy) is 1. The molecule has 2 aromatic rings. The van der Waals surface area contributed by atoms with Gasteiger partial charge in [-0.25, -0.2) is 4.98 Å². The third-order valence-corrected chi connectivity index (χ3v) is 3.27. The highest BCUT2D eigenvalue weighted by atomic mass is 16.5. The Hall–Kier alpha value is -1.81. The largest absolute Gasteiger partial charge is 0.491 e. The fourth-order valence-electron chi connectivity index (χ4n) is 2.42. The van der Waals surface area contributed by atoms with Crippen molar-refractivity contribution in [3.63, 3.8) is 0 Å². The van der Waals surface area contributed by atoms with E-state index in [-0.39, 0.29) is 12.1 Å². The van der Waals surface area contributed by atoms with Crippen molar-refractivity contribution in [1.29, 1.82) is 0 Å². The molecule has 1 aliphatic heterocycles. The van der Waals surface area contributed by atoms with Crippen molar-refractivity contribution in [3.8, 4) is 5.75 Å². The number of imidazole rings is 1. The molecule has 1 N–H and O–H groups in total. The smallest absolute Gasteiger partial charge is 0.124 e. The van der Waals surface area contributed by atoms with Gasteiger partial charge < -0.3 is 14.6 Å². The van der Waals surface area contributed by atoms with Gasteiger partial charge in [-0.15, -0.1) is 0 Å². The number of nitrogens with zero attached hydrogens (tertiary/aromatic N) is 2. The lowest BCUT2D eigenvalue weighted by Gasteiger charge is -2.34. The first-order chi connectivity index (χ1) is 8.40. The normalized spacial score (nSPS) is 22.9. The molecule has 0 spiro atoms. The van der Waals surface area contributed by atoms with Gasteiger partial charge in [0, 0.05) is 18.0 Å². The second kappa shape index (κ2) is 4.22. The van der Waals surface area contributed by atoms with Crippen LogP contribution in [0.15, 0.2) is 43.0 Å². The summed E-state index contributed by atoms with van der Waals surface area (Å²) in [5.74, 6) is 0.975. The molecule has 0 aliphatic carbocycles. The highest BCUT2D eigenvalue weighted by Crippen LogP contribution is 2.37. The molecule has 0 saturated carbocycles. The molecular weight excluding hydrogens is 214 g/mol. The molecule has 1 aliphatic rings. The number of nitrogens with one attached hydrogen (secondary N) is 1. The number of para-hydroxylation sites is 1. The summed E-state index contributed by atoms with van der Waals surface area (Å²) in [6, 6.07) is 8.68. The Bertz CT molecular complexity index is 495.